The van der Waals surface area contributed by atoms with Crippen LogP contribution in [0.25, 0.3) is 22.6 Å². The molecule has 1 saturated heterocycles. The third-order valence-electron chi connectivity index (χ3n) is 7.41. The van der Waals surface area contributed by atoms with Crippen LogP contribution in [0, 0.1) is 0 Å². The Morgan fingerprint density at radius 2 is 1.89 bits per heavy atom. The molecule has 46 heavy (non-hydrogen) atoms. The molecule has 0 radical (unpaired) electrons. The number of hydrogen-bond acceptors (Lipinski definition) is 11. The molecule has 5 heterocycles. The maximum absolute atomic E-state index is 12.7. The second kappa shape index (κ2) is 14.4. The number of nitrogens with two attached hydrogens (primary N) is 1. The number of likely N-dealkylation sites (tertiary alicyclic amines) is 1. The number of aromatic nitrogens is 6. The van der Waals surface area contributed by atoms with E-state index in [1.165, 1.54) is 12.0 Å². The van der Waals surface area contributed by atoms with Crippen molar-refractivity contribution in [3.8, 4) is 40.0 Å². The van der Waals surface area contributed by atoms with Crippen molar-refractivity contribution >= 4 is 23.1 Å². The van der Waals surface area contributed by atoms with Crippen LogP contribution < -0.4 is 25.3 Å². The van der Waals surface area contributed by atoms with Gasteiger partial charge in [-0.1, -0.05) is 11.6 Å². The van der Waals surface area contributed by atoms with Gasteiger partial charge in [-0.2, -0.15) is 18.3 Å². The molecule has 12 nitrogen and oxygen atoms in total. The summed E-state index contributed by atoms with van der Waals surface area (Å²) in [5.74, 6) is 2.21. The predicted molar refractivity (Wildman–Crippen MR) is 167 cm³/mol. The molecule has 0 amide bonds. The average Bonchev–Trinajstić information content (AvgIpc) is 3.37. The molecule has 1 fully saturated rings. The number of piperidine rings is 1. The van der Waals surface area contributed by atoms with Crippen molar-refractivity contribution in [3.05, 3.63) is 48.1 Å². The summed E-state index contributed by atoms with van der Waals surface area (Å²) in [5.41, 5.74) is 8.33. The fourth-order valence-electron chi connectivity index (χ4n) is 5.14. The van der Waals surface area contributed by atoms with Gasteiger partial charge in [-0.05, 0) is 31.9 Å². The number of rotatable bonds is 12. The zero-order valence-electron chi connectivity index (χ0n) is 25.6. The van der Waals surface area contributed by atoms with Crippen LogP contribution in [-0.4, -0.2) is 86.3 Å². The Balaban J connectivity index is 1.23. The third-order valence-corrected chi connectivity index (χ3v) is 7.61. The minimum atomic E-state index is -4.21. The number of nitrogens with zero attached hydrogens (tertiary/aromatic N) is 7. The van der Waals surface area contributed by atoms with Crippen LogP contribution in [-0.2, 0) is 7.05 Å². The number of nitrogen functional groups attached to an aromatic ring is 1. The van der Waals surface area contributed by atoms with Gasteiger partial charge in [0, 0.05) is 62.3 Å². The van der Waals surface area contributed by atoms with Gasteiger partial charge >= 0.3 is 6.18 Å². The van der Waals surface area contributed by atoms with Crippen LogP contribution in [0.3, 0.4) is 0 Å². The molecule has 1 atom stereocenters. The zero-order valence-corrected chi connectivity index (χ0v) is 26.3. The first-order chi connectivity index (χ1) is 22.0. The average molecular weight is 662 g/mol. The van der Waals surface area contributed by atoms with Crippen molar-refractivity contribution in [3.63, 3.8) is 0 Å². The van der Waals surface area contributed by atoms with Crippen molar-refractivity contribution in [2.45, 2.75) is 44.5 Å². The minimum absolute atomic E-state index is 0.0608. The number of halogens is 4. The number of alkyl halides is 3. The molecule has 4 aromatic rings. The van der Waals surface area contributed by atoms with Crippen LogP contribution in [0.5, 0.6) is 17.4 Å². The smallest absolute Gasteiger partial charge is 0.401 e. The number of pyridine rings is 2. The fraction of sp³-hybridized carbons (Fsp3) is 0.433. The number of ether oxygens (including phenoxy) is 3. The van der Waals surface area contributed by atoms with E-state index >= 15 is 0 Å². The lowest BCUT2D eigenvalue weighted by molar-refractivity contribution is -0.149. The van der Waals surface area contributed by atoms with E-state index < -0.39 is 12.7 Å². The standard InChI is InChI=1S/C30H35ClF3N9O3/c1-18(7-11-45-29-22(16-39-42(29)2)28-36-8-4-26(35)41-28)40-23-13-25(31)37-15-21(23)27-24(44-3)12-20(14-38-27)46-19-5-9-43(10-6-19)17-30(32,33)34/h4,8,12-16,18-19H,5-7,9-11,17H2,1-3H3,(H,37,40)(H2,35,36,41)/t18-/m0/s1. The lowest BCUT2D eigenvalue weighted by atomic mass is 10.1. The van der Waals surface area contributed by atoms with Crippen molar-refractivity contribution in [1.29, 1.82) is 0 Å². The molecule has 4 aromatic heterocycles. The number of anilines is 2. The quantitative estimate of drug-likeness (QED) is 0.192. The predicted octanol–water partition coefficient (Wildman–Crippen LogP) is 5.25. The highest BCUT2D eigenvalue weighted by Crippen LogP contribution is 2.37. The first-order valence-corrected chi connectivity index (χ1v) is 15.0. The summed E-state index contributed by atoms with van der Waals surface area (Å²) in [6, 6.07) is 4.98. The van der Waals surface area contributed by atoms with Gasteiger partial charge in [-0.15, -0.1) is 0 Å². The van der Waals surface area contributed by atoms with Gasteiger partial charge in [0.1, 0.15) is 39.8 Å². The lowest BCUT2D eigenvalue weighted by Crippen LogP contribution is -2.42. The van der Waals surface area contributed by atoms with E-state index in [9.17, 15) is 13.2 Å². The number of methoxy groups -OCH3 is 1. The van der Waals surface area contributed by atoms with E-state index in [0.717, 1.165) is 0 Å². The first kappa shape index (κ1) is 33.0. The first-order valence-electron chi connectivity index (χ1n) is 14.6. The summed E-state index contributed by atoms with van der Waals surface area (Å²) >= 11 is 6.27. The van der Waals surface area contributed by atoms with Crippen molar-refractivity contribution in [2.75, 3.05) is 44.4 Å². The Hall–Kier alpha value is -4.37. The van der Waals surface area contributed by atoms with Gasteiger partial charge in [0.2, 0.25) is 5.88 Å². The van der Waals surface area contributed by atoms with Crippen LogP contribution in [0.2, 0.25) is 5.15 Å². The van der Waals surface area contributed by atoms with Gasteiger partial charge in [0.25, 0.3) is 0 Å². The molecule has 16 heteroatoms. The molecule has 1 aliphatic heterocycles. The van der Waals surface area contributed by atoms with Crippen LogP contribution >= 0.6 is 11.6 Å². The van der Waals surface area contributed by atoms with Crippen LogP contribution in [0.1, 0.15) is 26.2 Å². The number of hydrogen-bond donors (Lipinski definition) is 2. The van der Waals surface area contributed by atoms with E-state index in [0.29, 0.717) is 95.6 Å². The molecule has 1 aliphatic rings. The highest BCUT2D eigenvalue weighted by Gasteiger charge is 2.33. The third kappa shape index (κ3) is 8.46. The van der Waals surface area contributed by atoms with Crippen molar-refractivity contribution in [2.24, 2.45) is 7.05 Å². The molecule has 0 saturated carbocycles. The maximum atomic E-state index is 12.7. The molecular weight excluding hydrogens is 627 g/mol. The van der Waals surface area contributed by atoms with Gasteiger partial charge in [0.15, 0.2) is 5.82 Å². The second-order valence-corrected chi connectivity index (χ2v) is 11.3. The highest BCUT2D eigenvalue weighted by atomic mass is 35.5. The Morgan fingerprint density at radius 1 is 1.11 bits per heavy atom. The SMILES string of the molecule is COc1cc(OC2CCN(CC(F)(F)F)CC2)cnc1-c1cnc(Cl)cc1N[C@@H](C)CCOc1c(-c2nccc(N)n2)cnn1C. The largest absolute Gasteiger partial charge is 0.494 e. The summed E-state index contributed by atoms with van der Waals surface area (Å²) < 4.78 is 57.6. The normalized spacial score (nSPS) is 15.0. The monoisotopic (exact) mass is 661 g/mol. The van der Waals surface area contributed by atoms with Gasteiger partial charge in [0.05, 0.1) is 32.7 Å². The van der Waals surface area contributed by atoms with E-state index in [1.807, 2.05) is 6.92 Å². The summed E-state index contributed by atoms with van der Waals surface area (Å²) in [6.45, 7) is 2.07. The van der Waals surface area contributed by atoms with Gasteiger partial charge in [-0.3, -0.25) is 4.90 Å². The van der Waals surface area contributed by atoms with Crippen LogP contribution in [0.4, 0.5) is 24.7 Å². The summed E-state index contributed by atoms with van der Waals surface area (Å²) in [5, 5.41) is 8.05. The molecule has 0 spiro atoms. The minimum Gasteiger partial charge on any atom is -0.494 e. The number of aryl methyl sites for hydroxylation is 1. The van der Waals surface area contributed by atoms with Gasteiger partial charge in [-0.25, -0.2) is 24.6 Å². The maximum Gasteiger partial charge on any atom is 0.401 e. The molecule has 0 aromatic carbocycles. The summed E-state index contributed by atoms with van der Waals surface area (Å²) in [6.07, 6.45) is 3.54. The van der Waals surface area contributed by atoms with E-state index in [-0.39, 0.29) is 12.1 Å². The highest BCUT2D eigenvalue weighted by molar-refractivity contribution is 6.29. The molecule has 0 unspecified atom stereocenters. The topological polar surface area (TPSA) is 138 Å². The molecule has 0 bridgehead atoms. The lowest BCUT2D eigenvalue weighted by Gasteiger charge is -2.32. The summed E-state index contributed by atoms with van der Waals surface area (Å²) in [4.78, 5) is 18.8. The molecule has 246 valence electrons. The second-order valence-electron chi connectivity index (χ2n) is 11.0. The van der Waals surface area contributed by atoms with E-state index in [4.69, 9.17) is 31.5 Å². The van der Waals surface area contributed by atoms with Crippen molar-refractivity contribution < 1.29 is 27.4 Å². The van der Waals surface area contributed by atoms with Gasteiger partial charge < -0.3 is 25.3 Å². The summed E-state index contributed by atoms with van der Waals surface area (Å²) in [7, 11) is 3.30. The zero-order chi connectivity index (χ0) is 32.8. The number of nitrogens with one attached hydrogen (secondary N) is 1. The molecular formula is C30H35ClF3N9O3. The van der Waals surface area contributed by atoms with E-state index in [1.54, 1.807) is 54.7 Å². The Bertz CT molecular complexity index is 1630. The van der Waals surface area contributed by atoms with Crippen LogP contribution in [0.15, 0.2) is 43.0 Å². The molecule has 5 rings (SSSR count). The van der Waals surface area contributed by atoms with E-state index in [2.05, 4.69) is 30.4 Å². The Kier molecular flexibility index (Phi) is 10.3. The van der Waals surface area contributed by atoms with Crippen molar-refractivity contribution in [1.82, 2.24) is 34.6 Å². The molecule has 0 aliphatic carbocycles. The Labute approximate surface area is 269 Å². The Morgan fingerprint density at radius 3 is 2.61 bits per heavy atom. The fourth-order valence-corrected chi connectivity index (χ4v) is 5.30. The molecule has 3 N–H and O–H groups in total.